The van der Waals surface area contributed by atoms with Crippen LogP contribution >= 0.6 is 11.6 Å². The molecule has 6 rings (SSSR count). The predicted octanol–water partition coefficient (Wildman–Crippen LogP) is 4.44. The molecule has 0 unspecified atom stereocenters. The standard InChI is InChI=1S/C27H23ClN4O4/c28-18-4-5-21(30-13-18)23(33)11-16-3-6-24-19(10-16)27(7-9-35-26(29)32-27)20-12-22(31-14-25(20)36-24)17-2-1-8-34-15-17/h2-6,10,12-14H,1,7-9,11,15H2,(H2,29,32)/t27-/m0/s1. The maximum atomic E-state index is 12.9. The van der Waals surface area contributed by atoms with E-state index in [2.05, 4.69) is 16.0 Å². The first-order chi connectivity index (χ1) is 17.5. The van der Waals surface area contributed by atoms with Gasteiger partial charge in [-0.2, -0.15) is 0 Å². The molecule has 1 aromatic carbocycles. The highest BCUT2D eigenvalue weighted by molar-refractivity contribution is 6.30. The molecular formula is C27H23ClN4O4. The minimum absolute atomic E-state index is 0.108. The Morgan fingerprint density at radius 2 is 1.94 bits per heavy atom. The molecule has 5 heterocycles. The third-order valence-electron chi connectivity index (χ3n) is 6.65. The Labute approximate surface area is 212 Å². The summed E-state index contributed by atoms with van der Waals surface area (Å²) < 4.78 is 17.4. The summed E-state index contributed by atoms with van der Waals surface area (Å²) in [6.07, 6.45) is 6.93. The van der Waals surface area contributed by atoms with Gasteiger partial charge in [-0.25, -0.2) is 4.99 Å². The lowest BCUT2D eigenvalue weighted by Gasteiger charge is -2.39. The van der Waals surface area contributed by atoms with Gasteiger partial charge in [0.2, 0.25) is 0 Å². The predicted molar refractivity (Wildman–Crippen MR) is 134 cm³/mol. The van der Waals surface area contributed by atoms with Crippen molar-refractivity contribution < 1.29 is 19.0 Å². The number of ketones is 1. The molecule has 3 aromatic rings. The molecule has 36 heavy (non-hydrogen) atoms. The number of ether oxygens (including phenoxy) is 3. The number of benzene rings is 1. The van der Waals surface area contributed by atoms with Gasteiger partial charge in [-0.1, -0.05) is 23.7 Å². The fourth-order valence-corrected chi connectivity index (χ4v) is 5.02. The highest BCUT2D eigenvalue weighted by Gasteiger charge is 2.45. The van der Waals surface area contributed by atoms with Crippen LogP contribution in [0.1, 0.15) is 45.7 Å². The number of nitrogens with zero attached hydrogens (tertiary/aromatic N) is 3. The van der Waals surface area contributed by atoms with Gasteiger partial charge in [-0.05, 0) is 47.9 Å². The van der Waals surface area contributed by atoms with E-state index >= 15 is 0 Å². The molecule has 0 saturated carbocycles. The number of rotatable bonds is 4. The van der Waals surface area contributed by atoms with Gasteiger partial charge in [0.1, 0.15) is 17.0 Å². The average Bonchev–Trinajstić information content (AvgIpc) is 2.90. The van der Waals surface area contributed by atoms with E-state index in [-0.39, 0.29) is 18.2 Å². The van der Waals surface area contributed by atoms with Crippen molar-refractivity contribution in [3.63, 3.8) is 0 Å². The molecule has 8 nitrogen and oxygen atoms in total. The van der Waals surface area contributed by atoms with E-state index in [1.807, 2.05) is 24.3 Å². The first-order valence-corrected chi connectivity index (χ1v) is 12.1. The van der Waals surface area contributed by atoms with Crippen LogP contribution < -0.4 is 10.5 Å². The van der Waals surface area contributed by atoms with E-state index < -0.39 is 5.54 Å². The van der Waals surface area contributed by atoms with E-state index in [4.69, 9.17) is 36.5 Å². The second-order valence-electron chi connectivity index (χ2n) is 8.94. The van der Waals surface area contributed by atoms with Crippen LogP contribution in [0.5, 0.6) is 11.5 Å². The number of pyridine rings is 2. The molecule has 0 fully saturated rings. The summed E-state index contributed by atoms with van der Waals surface area (Å²) in [5.74, 6) is 1.16. The zero-order valence-electron chi connectivity index (χ0n) is 19.4. The van der Waals surface area contributed by atoms with Gasteiger partial charge in [0.15, 0.2) is 11.5 Å². The van der Waals surface area contributed by atoms with E-state index in [0.29, 0.717) is 48.5 Å². The largest absolute Gasteiger partial charge is 0.465 e. The number of carbonyl (C=O) groups excluding carboxylic acids is 1. The maximum absolute atomic E-state index is 12.9. The van der Waals surface area contributed by atoms with Crippen molar-refractivity contribution in [3.8, 4) is 11.5 Å². The van der Waals surface area contributed by atoms with Crippen molar-refractivity contribution >= 4 is 29.0 Å². The molecule has 2 aromatic heterocycles. The first-order valence-electron chi connectivity index (χ1n) is 11.7. The van der Waals surface area contributed by atoms with Crippen molar-refractivity contribution in [2.75, 3.05) is 19.8 Å². The second-order valence-corrected chi connectivity index (χ2v) is 9.38. The molecule has 0 amide bonds. The number of nitrogens with two attached hydrogens (primary N) is 1. The number of aromatic nitrogens is 2. The van der Waals surface area contributed by atoms with Crippen molar-refractivity contribution in [3.05, 3.63) is 88.0 Å². The molecule has 0 bridgehead atoms. The summed E-state index contributed by atoms with van der Waals surface area (Å²) in [6, 6.07) is 11.1. The SMILES string of the molecule is NC1=N[C@@]2(CCO1)c1cc(CC(=O)c3ccc(Cl)cn3)ccc1Oc1cnc(C3=CCCOC3)cc12. The lowest BCUT2D eigenvalue weighted by molar-refractivity contribution is 0.0988. The van der Waals surface area contributed by atoms with Crippen LogP contribution in [0, 0.1) is 0 Å². The van der Waals surface area contributed by atoms with Crippen LogP contribution in [-0.2, 0) is 21.4 Å². The number of Topliss-reactive ketones (excluding diaryl/α,β-unsaturated/α-hetero) is 1. The van der Waals surface area contributed by atoms with Gasteiger partial charge >= 0.3 is 0 Å². The third kappa shape index (κ3) is 4.02. The lowest BCUT2D eigenvalue weighted by Crippen LogP contribution is -2.38. The molecule has 9 heteroatoms. The highest BCUT2D eigenvalue weighted by Crippen LogP contribution is 2.52. The molecule has 182 valence electrons. The van der Waals surface area contributed by atoms with Gasteiger partial charge in [-0.15, -0.1) is 0 Å². The summed E-state index contributed by atoms with van der Waals surface area (Å²) >= 11 is 5.92. The van der Waals surface area contributed by atoms with E-state index in [1.165, 1.54) is 6.20 Å². The topological polar surface area (TPSA) is 109 Å². The van der Waals surface area contributed by atoms with Gasteiger partial charge in [0, 0.05) is 30.2 Å². The molecule has 1 atom stereocenters. The van der Waals surface area contributed by atoms with Crippen LogP contribution in [0.15, 0.2) is 59.9 Å². The van der Waals surface area contributed by atoms with Gasteiger partial charge in [0.05, 0.1) is 36.7 Å². The molecule has 3 aliphatic heterocycles. The van der Waals surface area contributed by atoms with Crippen molar-refractivity contribution in [1.82, 2.24) is 9.97 Å². The second kappa shape index (κ2) is 9.04. The summed E-state index contributed by atoms with van der Waals surface area (Å²) in [5.41, 5.74) is 10.0. The average molecular weight is 503 g/mol. The lowest BCUT2D eigenvalue weighted by atomic mass is 9.77. The molecule has 0 aliphatic carbocycles. The van der Waals surface area contributed by atoms with Crippen LogP contribution in [0.4, 0.5) is 0 Å². The van der Waals surface area contributed by atoms with Crippen molar-refractivity contribution in [2.45, 2.75) is 24.8 Å². The van der Waals surface area contributed by atoms with Crippen LogP contribution in [-0.4, -0.2) is 41.6 Å². The fraction of sp³-hybridized carbons (Fsp3) is 0.259. The number of hydrogen-bond donors (Lipinski definition) is 1. The Morgan fingerprint density at radius 1 is 1.06 bits per heavy atom. The smallest absolute Gasteiger partial charge is 0.283 e. The number of amidine groups is 1. The summed E-state index contributed by atoms with van der Waals surface area (Å²) in [4.78, 5) is 26.5. The van der Waals surface area contributed by atoms with Gasteiger partial charge in [0.25, 0.3) is 6.02 Å². The number of hydrogen-bond acceptors (Lipinski definition) is 8. The van der Waals surface area contributed by atoms with E-state index in [9.17, 15) is 4.79 Å². The zero-order valence-corrected chi connectivity index (χ0v) is 20.1. The van der Waals surface area contributed by atoms with Crippen LogP contribution in [0.2, 0.25) is 5.02 Å². The molecule has 0 saturated heterocycles. The first kappa shape index (κ1) is 22.7. The summed E-state index contributed by atoms with van der Waals surface area (Å²) in [6.45, 7) is 1.62. The number of carbonyl (C=O) groups is 1. The summed E-state index contributed by atoms with van der Waals surface area (Å²) in [7, 11) is 0. The Morgan fingerprint density at radius 3 is 2.72 bits per heavy atom. The monoisotopic (exact) mass is 502 g/mol. The molecule has 0 radical (unpaired) electrons. The fourth-order valence-electron chi connectivity index (χ4n) is 4.91. The van der Waals surface area contributed by atoms with Crippen LogP contribution in [0.25, 0.3) is 5.57 Å². The third-order valence-corrected chi connectivity index (χ3v) is 6.88. The maximum Gasteiger partial charge on any atom is 0.283 e. The Bertz CT molecular complexity index is 1420. The van der Waals surface area contributed by atoms with E-state index in [1.54, 1.807) is 18.3 Å². The molecule has 2 N–H and O–H groups in total. The van der Waals surface area contributed by atoms with Crippen molar-refractivity contribution in [2.24, 2.45) is 10.7 Å². The molecule has 1 spiro atoms. The highest BCUT2D eigenvalue weighted by atomic mass is 35.5. The quantitative estimate of drug-likeness (QED) is 0.525. The number of halogens is 1. The molecular weight excluding hydrogens is 480 g/mol. The Hall–Kier alpha value is -3.75. The van der Waals surface area contributed by atoms with Gasteiger partial charge in [-0.3, -0.25) is 14.8 Å². The number of fused-ring (bicyclic) bond motifs is 4. The number of aliphatic imine (C=N–C) groups is 1. The Balaban J connectivity index is 1.43. The Kier molecular flexibility index (Phi) is 5.70. The van der Waals surface area contributed by atoms with Crippen LogP contribution in [0.3, 0.4) is 0 Å². The minimum atomic E-state index is -0.823. The van der Waals surface area contributed by atoms with E-state index in [0.717, 1.165) is 34.4 Å². The minimum Gasteiger partial charge on any atom is -0.465 e. The normalized spacial score (nSPS) is 20.4. The zero-order chi connectivity index (χ0) is 24.7. The van der Waals surface area contributed by atoms with Crippen molar-refractivity contribution in [1.29, 1.82) is 0 Å². The molecule has 3 aliphatic rings. The summed E-state index contributed by atoms with van der Waals surface area (Å²) in [5, 5.41) is 0.484. The van der Waals surface area contributed by atoms with Gasteiger partial charge < -0.3 is 19.9 Å².